The third-order valence-electron chi connectivity index (χ3n) is 2.55. The summed E-state index contributed by atoms with van der Waals surface area (Å²) < 4.78 is 5.59. The number of Topliss-reactive ketones (excluding diaryl/α,β-unsaturated/α-hetero) is 1. The van der Waals surface area contributed by atoms with Gasteiger partial charge in [-0.15, -0.1) is 0 Å². The van der Waals surface area contributed by atoms with Crippen molar-refractivity contribution in [2.75, 3.05) is 0 Å². The monoisotopic (exact) mass is 168 g/mol. The molecule has 2 unspecified atom stereocenters. The lowest BCUT2D eigenvalue weighted by Crippen LogP contribution is -2.31. The maximum Gasteiger partial charge on any atom is 0.168 e. The molecule has 0 N–H and O–H groups in total. The Morgan fingerprint density at radius 3 is 2.50 bits per heavy atom. The van der Waals surface area contributed by atoms with E-state index in [1.807, 2.05) is 27.7 Å². The first-order valence-corrected chi connectivity index (χ1v) is 4.48. The molecule has 1 aliphatic rings. The van der Waals surface area contributed by atoms with E-state index < -0.39 is 0 Å². The quantitative estimate of drug-likeness (QED) is 0.600. The Balaban J connectivity index is 2.95. The minimum atomic E-state index is 0.0142. The van der Waals surface area contributed by atoms with Gasteiger partial charge in [0.25, 0.3) is 0 Å². The van der Waals surface area contributed by atoms with Crippen LogP contribution in [0.15, 0.2) is 11.3 Å². The minimum Gasteiger partial charge on any atom is -0.494 e. The van der Waals surface area contributed by atoms with Crippen molar-refractivity contribution in [2.24, 2.45) is 5.92 Å². The van der Waals surface area contributed by atoms with E-state index in [9.17, 15) is 4.79 Å². The number of hydrogen-bond acceptors (Lipinski definition) is 2. The van der Waals surface area contributed by atoms with Crippen LogP contribution in [0.1, 0.15) is 34.1 Å². The molecule has 2 heteroatoms. The number of carbonyl (C=O) groups is 1. The van der Waals surface area contributed by atoms with Crippen LogP contribution in [0.3, 0.4) is 0 Å². The summed E-state index contributed by atoms with van der Waals surface area (Å²) in [7, 11) is 0. The molecule has 0 aromatic carbocycles. The van der Waals surface area contributed by atoms with Gasteiger partial charge in [-0.1, -0.05) is 13.8 Å². The van der Waals surface area contributed by atoms with Crippen molar-refractivity contribution < 1.29 is 9.53 Å². The zero-order valence-corrected chi connectivity index (χ0v) is 8.18. The van der Waals surface area contributed by atoms with Gasteiger partial charge in [0.1, 0.15) is 11.9 Å². The molecule has 0 fully saturated rings. The molecule has 68 valence electrons. The van der Waals surface area contributed by atoms with E-state index in [0.717, 1.165) is 17.8 Å². The van der Waals surface area contributed by atoms with Gasteiger partial charge in [0, 0.05) is 12.0 Å². The van der Waals surface area contributed by atoms with Crippen LogP contribution < -0.4 is 0 Å². The summed E-state index contributed by atoms with van der Waals surface area (Å²) in [4.78, 5) is 11.6. The molecule has 0 radical (unpaired) electrons. The highest BCUT2D eigenvalue weighted by Crippen LogP contribution is 2.26. The second-order valence-electron chi connectivity index (χ2n) is 3.38. The Morgan fingerprint density at radius 1 is 1.42 bits per heavy atom. The van der Waals surface area contributed by atoms with E-state index in [1.54, 1.807) is 0 Å². The molecule has 0 amide bonds. The van der Waals surface area contributed by atoms with E-state index in [0.29, 0.717) is 0 Å². The predicted octanol–water partition coefficient (Wildman–Crippen LogP) is 2.29. The molecule has 0 aromatic heterocycles. The number of hydrogen-bond donors (Lipinski definition) is 0. The fraction of sp³-hybridized carbons (Fsp3) is 0.700. The summed E-state index contributed by atoms with van der Waals surface area (Å²) in [6.45, 7) is 7.73. The van der Waals surface area contributed by atoms with Gasteiger partial charge in [-0.3, -0.25) is 4.79 Å². The summed E-state index contributed by atoms with van der Waals surface area (Å²) in [5, 5.41) is 0. The molecular formula is C10H16O2. The van der Waals surface area contributed by atoms with Crippen molar-refractivity contribution in [3.8, 4) is 0 Å². The zero-order chi connectivity index (χ0) is 9.30. The number of allylic oxidation sites excluding steroid dienone is 2. The van der Waals surface area contributed by atoms with Crippen LogP contribution in [-0.4, -0.2) is 11.9 Å². The molecule has 0 aromatic rings. The minimum absolute atomic E-state index is 0.0142. The third-order valence-corrected chi connectivity index (χ3v) is 2.55. The van der Waals surface area contributed by atoms with Gasteiger partial charge < -0.3 is 4.74 Å². The Labute approximate surface area is 73.6 Å². The lowest BCUT2D eigenvalue weighted by molar-refractivity contribution is -0.124. The second kappa shape index (κ2) is 3.30. The Morgan fingerprint density at radius 2 is 2.00 bits per heavy atom. The molecule has 1 rings (SSSR count). The van der Waals surface area contributed by atoms with Crippen LogP contribution in [0.4, 0.5) is 0 Å². The third kappa shape index (κ3) is 1.38. The molecule has 0 saturated heterocycles. The van der Waals surface area contributed by atoms with Gasteiger partial charge in [-0.25, -0.2) is 0 Å². The number of rotatable bonds is 1. The van der Waals surface area contributed by atoms with E-state index >= 15 is 0 Å². The molecule has 2 nitrogen and oxygen atoms in total. The highest BCUT2D eigenvalue weighted by Gasteiger charge is 2.29. The van der Waals surface area contributed by atoms with Crippen LogP contribution >= 0.6 is 0 Å². The van der Waals surface area contributed by atoms with Crippen molar-refractivity contribution >= 4 is 5.78 Å². The Kier molecular flexibility index (Phi) is 2.55. The molecule has 2 atom stereocenters. The smallest absolute Gasteiger partial charge is 0.168 e. The lowest BCUT2D eigenvalue weighted by atomic mass is 9.92. The first-order chi connectivity index (χ1) is 5.57. The summed E-state index contributed by atoms with van der Waals surface area (Å²) >= 11 is 0. The van der Waals surface area contributed by atoms with Crippen molar-refractivity contribution in [3.05, 3.63) is 11.3 Å². The molecule has 0 spiro atoms. The van der Waals surface area contributed by atoms with Crippen molar-refractivity contribution in [3.63, 3.8) is 0 Å². The van der Waals surface area contributed by atoms with Gasteiger partial charge >= 0.3 is 0 Å². The fourth-order valence-electron chi connectivity index (χ4n) is 1.46. The van der Waals surface area contributed by atoms with Crippen LogP contribution in [0, 0.1) is 5.92 Å². The fourth-order valence-corrected chi connectivity index (χ4v) is 1.46. The van der Waals surface area contributed by atoms with Crippen molar-refractivity contribution in [1.29, 1.82) is 0 Å². The maximum atomic E-state index is 11.6. The molecule has 1 aliphatic heterocycles. The average molecular weight is 168 g/mol. The van der Waals surface area contributed by atoms with E-state index in [2.05, 4.69) is 0 Å². The highest BCUT2D eigenvalue weighted by atomic mass is 16.5. The SMILES string of the molecule is CCC1=C(C)C(=O)C(C)C(C)O1. The summed E-state index contributed by atoms with van der Waals surface area (Å²) in [6.07, 6.45) is 0.852. The standard InChI is InChI=1S/C10H16O2/c1-5-9-7(3)10(11)6(2)8(4)12-9/h6,8H,5H2,1-4H3. The van der Waals surface area contributed by atoms with Gasteiger partial charge in [-0.05, 0) is 13.8 Å². The van der Waals surface area contributed by atoms with Crippen LogP contribution in [0.25, 0.3) is 0 Å². The predicted molar refractivity (Wildman–Crippen MR) is 47.7 cm³/mol. The molecule has 0 aliphatic carbocycles. The maximum absolute atomic E-state index is 11.6. The van der Waals surface area contributed by atoms with Crippen LogP contribution in [0.2, 0.25) is 0 Å². The first kappa shape index (κ1) is 9.30. The summed E-state index contributed by atoms with van der Waals surface area (Å²) in [6, 6.07) is 0. The van der Waals surface area contributed by atoms with Gasteiger partial charge in [0.15, 0.2) is 5.78 Å². The highest BCUT2D eigenvalue weighted by molar-refractivity contribution is 5.97. The van der Waals surface area contributed by atoms with E-state index in [1.165, 1.54) is 0 Å². The number of carbonyl (C=O) groups excluding carboxylic acids is 1. The van der Waals surface area contributed by atoms with Gasteiger partial charge in [0.05, 0.1) is 5.92 Å². The Hall–Kier alpha value is -0.790. The molecule has 0 bridgehead atoms. The van der Waals surface area contributed by atoms with Crippen LogP contribution in [0.5, 0.6) is 0 Å². The van der Waals surface area contributed by atoms with Crippen molar-refractivity contribution in [2.45, 2.75) is 40.2 Å². The largest absolute Gasteiger partial charge is 0.494 e. The van der Waals surface area contributed by atoms with Gasteiger partial charge in [-0.2, -0.15) is 0 Å². The van der Waals surface area contributed by atoms with Crippen molar-refractivity contribution in [1.82, 2.24) is 0 Å². The lowest BCUT2D eigenvalue weighted by Gasteiger charge is -2.28. The normalized spacial score (nSPS) is 30.5. The molecule has 0 saturated carbocycles. The number of ketones is 1. The molecular weight excluding hydrogens is 152 g/mol. The summed E-state index contributed by atoms with van der Waals surface area (Å²) in [5.41, 5.74) is 0.808. The van der Waals surface area contributed by atoms with Gasteiger partial charge in [0.2, 0.25) is 0 Å². The van der Waals surface area contributed by atoms with E-state index in [4.69, 9.17) is 4.74 Å². The van der Waals surface area contributed by atoms with Crippen LogP contribution in [-0.2, 0) is 9.53 Å². The van der Waals surface area contributed by atoms with E-state index in [-0.39, 0.29) is 17.8 Å². The zero-order valence-electron chi connectivity index (χ0n) is 8.18. The second-order valence-corrected chi connectivity index (χ2v) is 3.38. The average Bonchev–Trinajstić information content (AvgIpc) is 2.08. The number of ether oxygens (including phenoxy) is 1. The molecule has 12 heavy (non-hydrogen) atoms. The Bertz CT molecular complexity index is 228. The topological polar surface area (TPSA) is 26.3 Å². The molecule has 1 heterocycles. The first-order valence-electron chi connectivity index (χ1n) is 4.48. The summed E-state index contributed by atoms with van der Waals surface area (Å²) in [5.74, 6) is 1.12.